The first-order valence-electron chi connectivity index (χ1n) is 5.00. The summed E-state index contributed by atoms with van der Waals surface area (Å²) in [5, 5.41) is 20.2. The van der Waals surface area contributed by atoms with E-state index in [0.29, 0.717) is 16.6 Å². The molecular weight excluding hydrogens is 260 g/mol. The molecule has 94 valence electrons. The molecule has 0 unspecified atom stereocenters. The number of halogens is 1. The zero-order valence-electron chi connectivity index (χ0n) is 9.15. The largest absolute Gasteiger partial charge is 0.485 e. The molecule has 0 aliphatic rings. The van der Waals surface area contributed by atoms with E-state index in [2.05, 4.69) is 15.4 Å². The Morgan fingerprint density at radius 2 is 2.33 bits per heavy atom. The molecule has 0 spiro atoms. The predicted molar refractivity (Wildman–Crippen MR) is 61.2 cm³/mol. The molecular formula is C10H9ClN4O3. The molecule has 1 heterocycles. The monoisotopic (exact) mass is 268 g/mol. The van der Waals surface area contributed by atoms with E-state index in [4.69, 9.17) is 21.4 Å². The molecule has 0 radical (unpaired) electrons. The van der Waals surface area contributed by atoms with Crippen LogP contribution in [-0.4, -0.2) is 31.3 Å². The molecule has 0 aliphatic carbocycles. The number of ether oxygens (including phenoxy) is 1. The number of carbonyl (C=O) groups is 1. The highest BCUT2D eigenvalue weighted by molar-refractivity contribution is 6.30. The summed E-state index contributed by atoms with van der Waals surface area (Å²) in [6.07, 6.45) is 0. The molecule has 2 aromatic rings. The van der Waals surface area contributed by atoms with Crippen molar-refractivity contribution >= 4 is 17.6 Å². The number of tetrazole rings is 1. The van der Waals surface area contributed by atoms with E-state index < -0.39 is 5.97 Å². The van der Waals surface area contributed by atoms with Crippen LogP contribution in [-0.2, 0) is 17.9 Å². The van der Waals surface area contributed by atoms with Gasteiger partial charge in [-0.05, 0) is 23.4 Å². The van der Waals surface area contributed by atoms with Crippen molar-refractivity contribution < 1.29 is 14.6 Å². The minimum absolute atomic E-state index is 0.0972. The van der Waals surface area contributed by atoms with E-state index in [9.17, 15) is 4.79 Å². The van der Waals surface area contributed by atoms with Crippen LogP contribution in [0.4, 0.5) is 0 Å². The highest BCUT2D eigenvalue weighted by atomic mass is 35.5. The minimum Gasteiger partial charge on any atom is -0.485 e. The number of benzene rings is 1. The maximum absolute atomic E-state index is 10.4. The van der Waals surface area contributed by atoms with Gasteiger partial charge in [0.2, 0.25) is 5.82 Å². The highest BCUT2D eigenvalue weighted by Gasteiger charge is 2.06. The Morgan fingerprint density at radius 1 is 1.50 bits per heavy atom. The van der Waals surface area contributed by atoms with E-state index in [1.807, 2.05) is 0 Å². The molecule has 18 heavy (non-hydrogen) atoms. The van der Waals surface area contributed by atoms with Crippen molar-refractivity contribution in [2.75, 3.05) is 0 Å². The predicted octanol–water partition coefficient (Wildman–Crippen LogP) is 0.990. The van der Waals surface area contributed by atoms with Crippen molar-refractivity contribution in [3.05, 3.63) is 35.1 Å². The standard InChI is InChI=1S/C10H9ClN4O3/c11-7-2-1-3-8(4-7)18-6-9-12-14-15(13-9)5-10(16)17/h1-4H,5-6H2,(H,16,17). The number of hydrogen-bond acceptors (Lipinski definition) is 5. The van der Waals surface area contributed by atoms with Gasteiger partial charge in [-0.2, -0.15) is 4.80 Å². The molecule has 7 nitrogen and oxygen atoms in total. The van der Waals surface area contributed by atoms with Gasteiger partial charge in [0.15, 0.2) is 13.2 Å². The Kier molecular flexibility index (Phi) is 3.73. The summed E-state index contributed by atoms with van der Waals surface area (Å²) in [5.41, 5.74) is 0. The van der Waals surface area contributed by atoms with Crippen molar-refractivity contribution in [2.45, 2.75) is 13.2 Å². The number of hydrogen-bond donors (Lipinski definition) is 1. The fourth-order valence-electron chi connectivity index (χ4n) is 1.23. The summed E-state index contributed by atoms with van der Waals surface area (Å²) in [6, 6.07) is 6.89. The van der Waals surface area contributed by atoms with Crippen LogP contribution < -0.4 is 4.74 Å². The maximum Gasteiger partial charge on any atom is 0.327 e. The Labute approximate surface area is 107 Å². The van der Waals surface area contributed by atoms with Gasteiger partial charge >= 0.3 is 5.97 Å². The molecule has 2 rings (SSSR count). The van der Waals surface area contributed by atoms with Gasteiger partial charge in [-0.3, -0.25) is 4.79 Å². The van der Waals surface area contributed by atoms with Crippen LogP contribution in [0.3, 0.4) is 0 Å². The van der Waals surface area contributed by atoms with Crippen molar-refractivity contribution in [3.8, 4) is 5.75 Å². The molecule has 1 N–H and O–H groups in total. The second kappa shape index (κ2) is 5.46. The average molecular weight is 269 g/mol. The fourth-order valence-corrected chi connectivity index (χ4v) is 1.41. The Bertz CT molecular complexity index is 558. The van der Waals surface area contributed by atoms with Gasteiger partial charge < -0.3 is 9.84 Å². The van der Waals surface area contributed by atoms with E-state index in [-0.39, 0.29) is 13.2 Å². The van der Waals surface area contributed by atoms with Gasteiger partial charge in [0.05, 0.1) is 0 Å². The molecule has 0 saturated carbocycles. The summed E-state index contributed by atoms with van der Waals surface area (Å²) < 4.78 is 5.38. The van der Waals surface area contributed by atoms with Gasteiger partial charge in [0.25, 0.3) is 0 Å². The molecule has 0 amide bonds. The van der Waals surface area contributed by atoms with Crippen molar-refractivity contribution in [1.82, 2.24) is 20.2 Å². The Morgan fingerprint density at radius 3 is 3.06 bits per heavy atom. The lowest BCUT2D eigenvalue weighted by Crippen LogP contribution is -2.12. The summed E-state index contributed by atoms with van der Waals surface area (Å²) in [6.45, 7) is -0.232. The van der Waals surface area contributed by atoms with E-state index >= 15 is 0 Å². The zero-order chi connectivity index (χ0) is 13.0. The van der Waals surface area contributed by atoms with Gasteiger partial charge in [0, 0.05) is 5.02 Å². The van der Waals surface area contributed by atoms with Crippen LogP contribution in [0.2, 0.25) is 5.02 Å². The third-order valence-corrected chi connectivity index (χ3v) is 2.17. The van der Waals surface area contributed by atoms with Gasteiger partial charge in [-0.25, -0.2) is 0 Å². The number of nitrogens with zero attached hydrogens (tertiary/aromatic N) is 4. The number of aromatic nitrogens is 4. The summed E-state index contributed by atoms with van der Waals surface area (Å²) >= 11 is 5.80. The average Bonchev–Trinajstić information content (AvgIpc) is 2.73. The van der Waals surface area contributed by atoms with Crippen LogP contribution in [0.15, 0.2) is 24.3 Å². The van der Waals surface area contributed by atoms with Crippen LogP contribution in [0.5, 0.6) is 5.75 Å². The van der Waals surface area contributed by atoms with Crippen molar-refractivity contribution in [3.63, 3.8) is 0 Å². The van der Waals surface area contributed by atoms with Crippen LogP contribution in [0, 0.1) is 0 Å². The van der Waals surface area contributed by atoms with Gasteiger partial charge in [0.1, 0.15) is 5.75 Å². The Hall–Kier alpha value is -2.15. The van der Waals surface area contributed by atoms with Crippen LogP contribution in [0.25, 0.3) is 0 Å². The zero-order valence-corrected chi connectivity index (χ0v) is 9.91. The van der Waals surface area contributed by atoms with E-state index in [0.717, 1.165) is 4.80 Å². The van der Waals surface area contributed by atoms with E-state index in [1.165, 1.54) is 0 Å². The minimum atomic E-state index is -1.03. The van der Waals surface area contributed by atoms with Gasteiger partial charge in [-0.15, -0.1) is 10.2 Å². The molecule has 1 aromatic heterocycles. The maximum atomic E-state index is 10.4. The number of carboxylic acid groups (broad SMARTS) is 1. The Balaban J connectivity index is 1.94. The van der Waals surface area contributed by atoms with E-state index in [1.54, 1.807) is 24.3 Å². The first-order valence-corrected chi connectivity index (χ1v) is 5.38. The lowest BCUT2D eigenvalue weighted by Gasteiger charge is -2.02. The number of rotatable bonds is 5. The molecule has 0 fully saturated rings. The topological polar surface area (TPSA) is 90.1 Å². The smallest absolute Gasteiger partial charge is 0.327 e. The molecule has 1 aromatic carbocycles. The number of carboxylic acids is 1. The molecule has 0 bridgehead atoms. The number of aliphatic carboxylic acids is 1. The molecule has 0 atom stereocenters. The first-order chi connectivity index (χ1) is 8.63. The summed E-state index contributed by atoms with van der Waals surface area (Å²) in [7, 11) is 0. The quantitative estimate of drug-likeness (QED) is 0.870. The third kappa shape index (κ3) is 3.42. The second-order valence-corrected chi connectivity index (χ2v) is 3.81. The molecule has 0 aliphatic heterocycles. The highest BCUT2D eigenvalue weighted by Crippen LogP contribution is 2.17. The molecule has 8 heteroatoms. The van der Waals surface area contributed by atoms with Crippen molar-refractivity contribution in [1.29, 1.82) is 0 Å². The third-order valence-electron chi connectivity index (χ3n) is 1.93. The first kappa shape index (κ1) is 12.3. The summed E-state index contributed by atoms with van der Waals surface area (Å²) in [5.74, 6) is -0.150. The van der Waals surface area contributed by atoms with Crippen LogP contribution in [0.1, 0.15) is 5.82 Å². The fraction of sp³-hybridized carbons (Fsp3) is 0.200. The lowest BCUT2D eigenvalue weighted by molar-refractivity contribution is -0.138. The van der Waals surface area contributed by atoms with Gasteiger partial charge in [-0.1, -0.05) is 17.7 Å². The molecule has 0 saturated heterocycles. The lowest BCUT2D eigenvalue weighted by atomic mass is 10.3. The summed E-state index contributed by atoms with van der Waals surface area (Å²) in [4.78, 5) is 11.4. The van der Waals surface area contributed by atoms with Crippen molar-refractivity contribution in [2.24, 2.45) is 0 Å². The second-order valence-electron chi connectivity index (χ2n) is 3.38. The SMILES string of the molecule is O=C(O)Cn1nnc(COc2cccc(Cl)c2)n1. The normalized spacial score (nSPS) is 10.3. The van der Waals surface area contributed by atoms with Crippen LogP contribution >= 0.6 is 11.6 Å².